The third-order valence-corrected chi connectivity index (χ3v) is 4.31. The number of Topliss-reactive ketones (excluding diaryl/α,β-unsaturated/α-hetero) is 1. The minimum atomic E-state index is -0.390. The maximum atomic E-state index is 12.4. The molecule has 0 amide bonds. The third-order valence-electron chi connectivity index (χ3n) is 3.37. The van der Waals surface area contributed by atoms with E-state index in [9.17, 15) is 4.79 Å². The first-order valence-electron chi connectivity index (χ1n) is 6.22. The van der Waals surface area contributed by atoms with Crippen molar-refractivity contribution >= 4 is 17.1 Å². The average molecular weight is 258 g/mol. The highest BCUT2D eigenvalue weighted by Gasteiger charge is 2.28. The smallest absolute Gasteiger partial charge is 0.143 e. The molecular formula is C16H18OS. The van der Waals surface area contributed by atoms with Crippen molar-refractivity contribution in [3.63, 3.8) is 0 Å². The number of aryl methyl sites for hydroxylation is 1. The fourth-order valence-electron chi connectivity index (χ4n) is 2.02. The molecule has 18 heavy (non-hydrogen) atoms. The van der Waals surface area contributed by atoms with Crippen LogP contribution >= 0.6 is 11.3 Å². The SMILES string of the molecule is CC(C)(C(=O)CCc1cccs1)c1ccccc1. The fraction of sp³-hybridized carbons (Fsp3) is 0.312. The highest BCUT2D eigenvalue weighted by atomic mass is 32.1. The molecule has 0 fully saturated rings. The van der Waals surface area contributed by atoms with Crippen LogP contribution in [0.2, 0.25) is 0 Å². The normalized spacial score (nSPS) is 11.4. The second-order valence-electron chi connectivity index (χ2n) is 4.99. The van der Waals surface area contributed by atoms with E-state index in [0.29, 0.717) is 12.2 Å². The molecule has 0 unspecified atom stereocenters. The second-order valence-corrected chi connectivity index (χ2v) is 6.03. The first kappa shape index (κ1) is 13.0. The summed E-state index contributed by atoms with van der Waals surface area (Å²) in [7, 11) is 0. The Labute approximate surface area is 112 Å². The van der Waals surface area contributed by atoms with Gasteiger partial charge in [-0.25, -0.2) is 0 Å². The van der Waals surface area contributed by atoms with Gasteiger partial charge in [0.05, 0.1) is 0 Å². The van der Waals surface area contributed by atoms with Crippen molar-refractivity contribution < 1.29 is 4.79 Å². The van der Waals surface area contributed by atoms with Crippen LogP contribution < -0.4 is 0 Å². The van der Waals surface area contributed by atoms with Gasteiger partial charge < -0.3 is 0 Å². The molecule has 0 aliphatic heterocycles. The predicted molar refractivity (Wildman–Crippen MR) is 77.1 cm³/mol. The molecule has 0 atom stereocenters. The lowest BCUT2D eigenvalue weighted by Gasteiger charge is -2.23. The lowest BCUT2D eigenvalue weighted by molar-refractivity contribution is -0.123. The van der Waals surface area contributed by atoms with Gasteiger partial charge in [-0.05, 0) is 37.3 Å². The van der Waals surface area contributed by atoms with Crippen LogP contribution in [0.25, 0.3) is 0 Å². The molecule has 0 saturated carbocycles. The zero-order chi connectivity index (χ0) is 13.0. The molecule has 0 aliphatic carbocycles. The van der Waals surface area contributed by atoms with Gasteiger partial charge in [-0.2, -0.15) is 0 Å². The van der Waals surface area contributed by atoms with E-state index in [1.807, 2.05) is 50.2 Å². The first-order valence-corrected chi connectivity index (χ1v) is 7.10. The van der Waals surface area contributed by atoms with E-state index in [1.165, 1.54) is 4.88 Å². The molecule has 0 spiro atoms. The molecule has 0 radical (unpaired) electrons. The molecule has 0 bridgehead atoms. The first-order chi connectivity index (χ1) is 8.60. The maximum Gasteiger partial charge on any atom is 0.143 e. The molecule has 0 N–H and O–H groups in total. The average Bonchev–Trinajstić information content (AvgIpc) is 2.90. The fourth-order valence-corrected chi connectivity index (χ4v) is 2.73. The van der Waals surface area contributed by atoms with Crippen LogP contribution in [0.3, 0.4) is 0 Å². The number of benzene rings is 1. The van der Waals surface area contributed by atoms with Gasteiger partial charge in [0.25, 0.3) is 0 Å². The Bertz CT molecular complexity index is 497. The number of rotatable bonds is 5. The molecule has 2 rings (SSSR count). The summed E-state index contributed by atoms with van der Waals surface area (Å²) >= 11 is 1.72. The van der Waals surface area contributed by atoms with Gasteiger partial charge in [-0.1, -0.05) is 36.4 Å². The molecule has 1 heterocycles. The molecule has 0 saturated heterocycles. The molecule has 2 aromatic rings. The minimum absolute atomic E-state index is 0.308. The van der Waals surface area contributed by atoms with E-state index < -0.39 is 5.41 Å². The Hall–Kier alpha value is -1.41. The Kier molecular flexibility index (Phi) is 3.97. The molecular weight excluding hydrogens is 240 g/mol. The highest BCUT2D eigenvalue weighted by molar-refractivity contribution is 7.09. The van der Waals surface area contributed by atoms with Crippen molar-refractivity contribution in [1.82, 2.24) is 0 Å². The summed E-state index contributed by atoms with van der Waals surface area (Å²) < 4.78 is 0. The molecule has 0 aliphatic rings. The molecule has 94 valence electrons. The summed E-state index contributed by atoms with van der Waals surface area (Å²) in [6.45, 7) is 4.03. The maximum absolute atomic E-state index is 12.4. The largest absolute Gasteiger partial charge is 0.299 e. The van der Waals surface area contributed by atoms with E-state index in [-0.39, 0.29) is 0 Å². The van der Waals surface area contributed by atoms with Crippen molar-refractivity contribution in [2.45, 2.75) is 32.1 Å². The van der Waals surface area contributed by atoms with E-state index in [1.54, 1.807) is 11.3 Å². The number of carbonyl (C=O) groups is 1. The zero-order valence-corrected chi connectivity index (χ0v) is 11.7. The Morgan fingerprint density at radius 2 is 1.83 bits per heavy atom. The van der Waals surface area contributed by atoms with Gasteiger partial charge in [-0.3, -0.25) is 4.79 Å². The van der Waals surface area contributed by atoms with Crippen LogP contribution in [0.15, 0.2) is 47.8 Å². The quantitative estimate of drug-likeness (QED) is 0.784. The van der Waals surface area contributed by atoms with Gasteiger partial charge in [0.2, 0.25) is 0 Å². The number of carbonyl (C=O) groups excluding carboxylic acids is 1. The molecule has 1 nitrogen and oxygen atoms in total. The van der Waals surface area contributed by atoms with Crippen molar-refractivity contribution in [3.8, 4) is 0 Å². The lowest BCUT2D eigenvalue weighted by Crippen LogP contribution is -2.29. The van der Waals surface area contributed by atoms with Crippen LogP contribution in [0.5, 0.6) is 0 Å². The summed E-state index contributed by atoms with van der Waals surface area (Å²) in [6, 6.07) is 14.1. The monoisotopic (exact) mass is 258 g/mol. The summed E-state index contributed by atoms with van der Waals surface area (Å²) in [5.74, 6) is 0.308. The van der Waals surface area contributed by atoms with Crippen LogP contribution in [-0.4, -0.2) is 5.78 Å². The van der Waals surface area contributed by atoms with Gasteiger partial charge in [0, 0.05) is 16.7 Å². The van der Waals surface area contributed by atoms with E-state index >= 15 is 0 Å². The Balaban J connectivity index is 2.04. The standard InChI is InChI=1S/C16H18OS/c1-16(2,13-7-4-3-5-8-13)15(17)11-10-14-9-6-12-18-14/h3-9,12H,10-11H2,1-2H3. The van der Waals surface area contributed by atoms with Gasteiger partial charge in [0.15, 0.2) is 0 Å². The highest BCUT2D eigenvalue weighted by Crippen LogP contribution is 2.26. The predicted octanol–water partition coefficient (Wildman–Crippen LogP) is 4.23. The second kappa shape index (κ2) is 5.49. The van der Waals surface area contributed by atoms with Crippen molar-refractivity contribution in [3.05, 3.63) is 58.3 Å². The number of hydrogen-bond donors (Lipinski definition) is 0. The van der Waals surface area contributed by atoms with E-state index in [0.717, 1.165) is 12.0 Å². The van der Waals surface area contributed by atoms with Crippen molar-refractivity contribution in [2.75, 3.05) is 0 Å². The van der Waals surface area contributed by atoms with Crippen LogP contribution in [0, 0.1) is 0 Å². The van der Waals surface area contributed by atoms with Crippen LogP contribution in [0.4, 0.5) is 0 Å². The van der Waals surface area contributed by atoms with Gasteiger partial charge in [0.1, 0.15) is 5.78 Å². The van der Waals surface area contributed by atoms with Crippen molar-refractivity contribution in [2.24, 2.45) is 0 Å². The lowest BCUT2D eigenvalue weighted by atomic mass is 9.79. The summed E-state index contributed by atoms with van der Waals surface area (Å²) in [5.41, 5.74) is 0.708. The topological polar surface area (TPSA) is 17.1 Å². The van der Waals surface area contributed by atoms with E-state index in [4.69, 9.17) is 0 Å². The number of hydrogen-bond acceptors (Lipinski definition) is 2. The Morgan fingerprint density at radius 1 is 1.11 bits per heavy atom. The zero-order valence-electron chi connectivity index (χ0n) is 10.8. The molecule has 1 aromatic carbocycles. The van der Waals surface area contributed by atoms with E-state index in [2.05, 4.69) is 11.4 Å². The third kappa shape index (κ3) is 2.88. The van der Waals surface area contributed by atoms with Crippen molar-refractivity contribution in [1.29, 1.82) is 0 Å². The van der Waals surface area contributed by atoms with Crippen LogP contribution in [-0.2, 0) is 16.6 Å². The number of thiophene rings is 1. The van der Waals surface area contributed by atoms with Gasteiger partial charge in [-0.15, -0.1) is 11.3 Å². The summed E-state index contributed by atoms with van der Waals surface area (Å²) in [5, 5.41) is 2.06. The summed E-state index contributed by atoms with van der Waals surface area (Å²) in [4.78, 5) is 13.6. The van der Waals surface area contributed by atoms with Gasteiger partial charge >= 0.3 is 0 Å². The minimum Gasteiger partial charge on any atom is -0.299 e. The number of ketones is 1. The Morgan fingerprint density at radius 3 is 2.44 bits per heavy atom. The molecule has 2 heteroatoms. The summed E-state index contributed by atoms with van der Waals surface area (Å²) in [6.07, 6.45) is 1.47. The van der Waals surface area contributed by atoms with Crippen LogP contribution in [0.1, 0.15) is 30.7 Å². The molecule has 1 aromatic heterocycles.